The van der Waals surface area contributed by atoms with E-state index in [1.54, 1.807) is 49.4 Å². The fraction of sp³-hybridized carbons (Fsp3) is 0.258. The Morgan fingerprint density at radius 3 is 2.48 bits per heavy atom. The lowest BCUT2D eigenvalue weighted by atomic mass is 9.97. The van der Waals surface area contributed by atoms with Gasteiger partial charge < -0.3 is 18.6 Å². The summed E-state index contributed by atoms with van der Waals surface area (Å²) in [6.45, 7) is 4.51. The first-order valence-electron chi connectivity index (χ1n) is 13.1. The van der Waals surface area contributed by atoms with Crippen LogP contribution in [0.2, 0.25) is 0 Å². The van der Waals surface area contributed by atoms with Gasteiger partial charge in [-0.05, 0) is 73.5 Å². The zero-order valence-electron chi connectivity index (χ0n) is 22.4. The van der Waals surface area contributed by atoms with Gasteiger partial charge in [0, 0.05) is 5.69 Å². The largest absolute Gasteiger partial charge is 0.493 e. The zero-order valence-corrected chi connectivity index (χ0v) is 22.4. The van der Waals surface area contributed by atoms with Crippen LogP contribution in [0.5, 0.6) is 11.5 Å². The summed E-state index contributed by atoms with van der Waals surface area (Å²) in [6, 6.07) is 14.2. The Balaban J connectivity index is 1.67. The van der Waals surface area contributed by atoms with E-state index in [0.29, 0.717) is 34.9 Å². The minimum atomic E-state index is -0.918. The van der Waals surface area contributed by atoms with Crippen LogP contribution in [-0.2, 0) is 4.74 Å². The van der Waals surface area contributed by atoms with Gasteiger partial charge in [0.15, 0.2) is 16.9 Å². The lowest BCUT2D eigenvalue weighted by Crippen LogP contribution is -2.29. The lowest BCUT2D eigenvalue weighted by molar-refractivity contribution is 0.0526. The molecule has 0 saturated heterocycles. The van der Waals surface area contributed by atoms with Crippen LogP contribution in [0, 0.1) is 5.82 Å². The van der Waals surface area contributed by atoms with E-state index in [4.69, 9.17) is 18.6 Å². The average molecular weight is 546 g/mol. The van der Waals surface area contributed by atoms with E-state index in [2.05, 4.69) is 6.92 Å². The molecule has 0 bridgehead atoms. The van der Waals surface area contributed by atoms with Crippen LogP contribution in [0.25, 0.3) is 11.0 Å². The summed E-state index contributed by atoms with van der Waals surface area (Å²) in [5.41, 5.74) is 0.975. The molecule has 0 fully saturated rings. The molecular formula is C31H28FNO7. The minimum Gasteiger partial charge on any atom is -0.493 e. The van der Waals surface area contributed by atoms with Gasteiger partial charge in [0.25, 0.3) is 5.91 Å². The summed E-state index contributed by atoms with van der Waals surface area (Å²) in [6.07, 6.45) is 1.84. The molecule has 0 spiro atoms. The highest BCUT2D eigenvalue weighted by atomic mass is 19.1. The number of carbonyl (C=O) groups excluding carboxylic acids is 2. The van der Waals surface area contributed by atoms with Gasteiger partial charge in [0.2, 0.25) is 5.76 Å². The molecule has 0 N–H and O–H groups in total. The molecular weight excluding hydrogens is 517 g/mol. The number of esters is 1. The smallest absolute Gasteiger partial charge is 0.338 e. The molecule has 8 nitrogen and oxygen atoms in total. The van der Waals surface area contributed by atoms with E-state index >= 15 is 0 Å². The Kier molecular flexibility index (Phi) is 7.55. The van der Waals surface area contributed by atoms with Crippen molar-refractivity contribution < 1.29 is 32.6 Å². The van der Waals surface area contributed by atoms with Crippen LogP contribution in [0.1, 0.15) is 64.8 Å². The number of carbonyl (C=O) groups is 2. The molecule has 206 valence electrons. The maximum absolute atomic E-state index is 14.1. The van der Waals surface area contributed by atoms with Gasteiger partial charge in [-0.2, -0.15) is 0 Å². The predicted octanol–water partition coefficient (Wildman–Crippen LogP) is 6.05. The number of unbranched alkanes of at least 4 members (excludes halogenated alkanes) is 1. The van der Waals surface area contributed by atoms with Gasteiger partial charge in [-0.25, -0.2) is 9.18 Å². The highest BCUT2D eigenvalue weighted by Crippen LogP contribution is 2.43. The average Bonchev–Trinajstić information content (AvgIpc) is 3.26. The second-order valence-corrected chi connectivity index (χ2v) is 9.27. The molecule has 3 aromatic carbocycles. The van der Waals surface area contributed by atoms with Crippen molar-refractivity contribution in [2.75, 3.05) is 25.2 Å². The number of amides is 1. The molecule has 0 saturated carbocycles. The van der Waals surface area contributed by atoms with Crippen molar-refractivity contribution in [3.05, 3.63) is 99.2 Å². The van der Waals surface area contributed by atoms with E-state index < -0.39 is 29.2 Å². The third-order valence-corrected chi connectivity index (χ3v) is 6.75. The van der Waals surface area contributed by atoms with Gasteiger partial charge in [0.05, 0.1) is 42.9 Å². The SMILES string of the molecule is CCCCOc1ccc(C2c3c(oc4ccc(F)cc4c3=O)C(=O)N2c2ccc(C(=O)OCC)cc2)cc1OC. The van der Waals surface area contributed by atoms with Crippen LogP contribution in [0.4, 0.5) is 10.1 Å². The van der Waals surface area contributed by atoms with Crippen molar-refractivity contribution in [1.82, 2.24) is 0 Å². The molecule has 0 radical (unpaired) electrons. The van der Waals surface area contributed by atoms with E-state index in [1.165, 1.54) is 24.1 Å². The number of anilines is 1. The topological polar surface area (TPSA) is 95.3 Å². The van der Waals surface area contributed by atoms with Gasteiger partial charge >= 0.3 is 5.97 Å². The molecule has 1 unspecified atom stereocenters. The Bertz CT molecular complexity index is 1640. The maximum Gasteiger partial charge on any atom is 0.338 e. The second-order valence-electron chi connectivity index (χ2n) is 9.27. The second kappa shape index (κ2) is 11.2. The van der Waals surface area contributed by atoms with Crippen molar-refractivity contribution >= 4 is 28.5 Å². The van der Waals surface area contributed by atoms with Gasteiger partial charge in [-0.1, -0.05) is 19.4 Å². The molecule has 5 rings (SSSR count). The van der Waals surface area contributed by atoms with Crippen LogP contribution >= 0.6 is 0 Å². The summed E-state index contributed by atoms with van der Waals surface area (Å²) in [7, 11) is 1.51. The maximum atomic E-state index is 14.1. The first kappa shape index (κ1) is 26.9. The Morgan fingerprint density at radius 2 is 1.77 bits per heavy atom. The van der Waals surface area contributed by atoms with Crippen LogP contribution in [0.15, 0.2) is 69.9 Å². The normalized spacial score (nSPS) is 14.3. The summed E-state index contributed by atoms with van der Waals surface area (Å²) in [4.78, 5) is 41.2. The number of benzene rings is 3. The molecule has 40 heavy (non-hydrogen) atoms. The summed E-state index contributed by atoms with van der Waals surface area (Å²) >= 11 is 0. The van der Waals surface area contributed by atoms with Gasteiger partial charge in [0.1, 0.15) is 11.4 Å². The number of nitrogens with zero attached hydrogens (tertiary/aromatic N) is 1. The Hall–Kier alpha value is -4.66. The fourth-order valence-corrected chi connectivity index (χ4v) is 4.80. The van der Waals surface area contributed by atoms with Crippen molar-refractivity contribution in [3.8, 4) is 11.5 Å². The molecule has 1 amide bonds. The molecule has 0 aliphatic carbocycles. The molecule has 4 aromatic rings. The molecule has 1 aliphatic rings. The van der Waals surface area contributed by atoms with Crippen molar-refractivity contribution in [3.63, 3.8) is 0 Å². The monoisotopic (exact) mass is 545 g/mol. The summed E-state index contributed by atoms with van der Waals surface area (Å²) in [5, 5.41) is 0.0301. The third-order valence-electron chi connectivity index (χ3n) is 6.75. The number of ether oxygens (including phenoxy) is 3. The van der Waals surface area contributed by atoms with Crippen molar-refractivity contribution in [2.45, 2.75) is 32.7 Å². The van der Waals surface area contributed by atoms with Crippen LogP contribution in [-0.4, -0.2) is 32.2 Å². The van der Waals surface area contributed by atoms with E-state index in [1.807, 2.05) is 0 Å². The molecule has 9 heteroatoms. The van der Waals surface area contributed by atoms with E-state index in [0.717, 1.165) is 18.9 Å². The predicted molar refractivity (Wildman–Crippen MR) is 147 cm³/mol. The molecule has 1 aliphatic heterocycles. The van der Waals surface area contributed by atoms with E-state index in [-0.39, 0.29) is 28.9 Å². The summed E-state index contributed by atoms with van der Waals surface area (Å²) in [5.74, 6) is -0.803. The number of rotatable bonds is 9. The molecule has 2 heterocycles. The van der Waals surface area contributed by atoms with Crippen molar-refractivity contribution in [1.29, 1.82) is 0 Å². The van der Waals surface area contributed by atoms with Gasteiger partial charge in [-0.3, -0.25) is 14.5 Å². The zero-order chi connectivity index (χ0) is 28.4. The molecule has 1 atom stereocenters. The number of hydrogen-bond donors (Lipinski definition) is 0. The molecule has 1 aromatic heterocycles. The quantitative estimate of drug-likeness (QED) is 0.187. The van der Waals surface area contributed by atoms with Crippen molar-refractivity contribution in [2.24, 2.45) is 0 Å². The van der Waals surface area contributed by atoms with Crippen LogP contribution in [0.3, 0.4) is 0 Å². The van der Waals surface area contributed by atoms with Crippen LogP contribution < -0.4 is 19.8 Å². The third kappa shape index (κ3) is 4.79. The standard InChI is InChI=1S/C31H28FNO7/c1-4-6-15-39-24-13-9-19(16-25(24)37-3)27-26-28(34)22-17-20(32)10-14-23(22)40-29(26)30(35)33(27)21-11-7-18(8-12-21)31(36)38-5-2/h7-14,16-17,27H,4-6,15H2,1-3H3. The first-order chi connectivity index (χ1) is 19.4. The summed E-state index contributed by atoms with van der Waals surface area (Å²) < 4.78 is 36.5. The lowest BCUT2D eigenvalue weighted by Gasteiger charge is -2.26. The number of methoxy groups -OCH3 is 1. The number of hydrogen-bond acceptors (Lipinski definition) is 7. The fourth-order valence-electron chi connectivity index (χ4n) is 4.80. The highest BCUT2D eigenvalue weighted by Gasteiger charge is 2.44. The van der Waals surface area contributed by atoms with Gasteiger partial charge in [-0.15, -0.1) is 0 Å². The first-order valence-corrected chi connectivity index (χ1v) is 13.1. The minimum absolute atomic E-state index is 0.0301. The number of halogens is 1. The Labute approximate surface area is 229 Å². The van der Waals surface area contributed by atoms with E-state index in [9.17, 15) is 18.8 Å². The number of fused-ring (bicyclic) bond motifs is 2. The Morgan fingerprint density at radius 1 is 1.00 bits per heavy atom. The highest BCUT2D eigenvalue weighted by molar-refractivity contribution is 6.10.